The Morgan fingerprint density at radius 2 is 1.76 bits per heavy atom. The molecule has 0 saturated heterocycles. The van der Waals surface area contributed by atoms with Gasteiger partial charge in [0.25, 0.3) is 0 Å². The summed E-state index contributed by atoms with van der Waals surface area (Å²) in [7, 11) is 0. The fourth-order valence-corrected chi connectivity index (χ4v) is 2.16. The number of amides is 1. The smallest absolute Gasteiger partial charge is 0.220 e. The molecule has 0 aliphatic heterocycles. The molecule has 21 heavy (non-hydrogen) atoms. The Hall–Kier alpha value is -1.87. The number of rotatable bonds is 6. The van der Waals surface area contributed by atoms with Crippen LogP contribution in [0.25, 0.3) is 0 Å². The lowest BCUT2D eigenvalue weighted by Gasteiger charge is -2.06. The Bertz CT molecular complexity index is 598. The molecule has 0 aliphatic rings. The van der Waals surface area contributed by atoms with Crippen LogP contribution in [0.4, 0.5) is 4.39 Å². The van der Waals surface area contributed by atoms with Crippen LogP contribution >= 0.6 is 11.6 Å². The van der Waals surface area contributed by atoms with E-state index in [1.807, 2.05) is 24.3 Å². The van der Waals surface area contributed by atoms with Gasteiger partial charge < -0.3 is 5.32 Å². The highest BCUT2D eigenvalue weighted by Crippen LogP contribution is 2.11. The van der Waals surface area contributed by atoms with E-state index in [2.05, 4.69) is 5.32 Å². The van der Waals surface area contributed by atoms with E-state index in [4.69, 9.17) is 11.6 Å². The molecule has 0 fully saturated rings. The van der Waals surface area contributed by atoms with Crippen molar-refractivity contribution in [1.29, 1.82) is 0 Å². The molecule has 2 aromatic rings. The number of hydrogen-bond donors (Lipinski definition) is 1. The van der Waals surface area contributed by atoms with Gasteiger partial charge in [-0.15, -0.1) is 0 Å². The third-order valence-corrected chi connectivity index (χ3v) is 3.48. The summed E-state index contributed by atoms with van der Waals surface area (Å²) in [5.74, 6) is -0.255. The summed E-state index contributed by atoms with van der Waals surface area (Å²) in [6.45, 7) is 0.445. The second-order valence-corrected chi connectivity index (χ2v) is 5.25. The van der Waals surface area contributed by atoms with Crippen molar-refractivity contribution in [2.24, 2.45) is 0 Å². The molecular weight excluding hydrogens is 289 g/mol. The van der Waals surface area contributed by atoms with Crippen molar-refractivity contribution >= 4 is 17.5 Å². The van der Waals surface area contributed by atoms with E-state index in [1.54, 1.807) is 18.2 Å². The molecule has 1 N–H and O–H groups in total. The SMILES string of the molecule is O=C(CCc1ccc(Cl)cc1)NCCc1ccccc1F. The lowest BCUT2D eigenvalue weighted by atomic mass is 10.1. The molecule has 0 bridgehead atoms. The van der Waals surface area contributed by atoms with Crippen LogP contribution in [0.2, 0.25) is 5.02 Å². The van der Waals surface area contributed by atoms with Gasteiger partial charge in [0.15, 0.2) is 0 Å². The van der Waals surface area contributed by atoms with Crippen LogP contribution in [0, 0.1) is 5.82 Å². The van der Waals surface area contributed by atoms with Crippen molar-refractivity contribution in [3.63, 3.8) is 0 Å². The second-order valence-electron chi connectivity index (χ2n) is 4.82. The normalized spacial score (nSPS) is 10.4. The molecule has 4 heteroatoms. The topological polar surface area (TPSA) is 29.1 Å². The van der Waals surface area contributed by atoms with Gasteiger partial charge in [0.1, 0.15) is 5.82 Å². The first-order valence-corrected chi connectivity index (χ1v) is 7.27. The molecule has 0 saturated carbocycles. The quantitative estimate of drug-likeness (QED) is 0.865. The summed E-state index contributed by atoms with van der Waals surface area (Å²) < 4.78 is 13.4. The average Bonchev–Trinajstić information content (AvgIpc) is 2.49. The van der Waals surface area contributed by atoms with E-state index in [1.165, 1.54) is 6.07 Å². The zero-order chi connectivity index (χ0) is 15.1. The van der Waals surface area contributed by atoms with Crippen molar-refractivity contribution < 1.29 is 9.18 Å². The fourth-order valence-electron chi connectivity index (χ4n) is 2.04. The highest BCUT2D eigenvalue weighted by atomic mass is 35.5. The van der Waals surface area contributed by atoms with E-state index in [0.717, 1.165) is 5.56 Å². The molecule has 2 aromatic carbocycles. The second kappa shape index (κ2) is 7.79. The van der Waals surface area contributed by atoms with Crippen LogP contribution in [0.15, 0.2) is 48.5 Å². The summed E-state index contributed by atoms with van der Waals surface area (Å²) >= 11 is 5.80. The first-order valence-electron chi connectivity index (χ1n) is 6.90. The maximum atomic E-state index is 13.4. The molecule has 0 aliphatic carbocycles. The van der Waals surface area contributed by atoms with Gasteiger partial charge in [0, 0.05) is 18.0 Å². The summed E-state index contributed by atoms with van der Waals surface area (Å²) in [5.41, 5.74) is 1.69. The number of benzene rings is 2. The molecule has 0 heterocycles. The average molecular weight is 306 g/mol. The van der Waals surface area contributed by atoms with Crippen LogP contribution in [0.3, 0.4) is 0 Å². The lowest BCUT2D eigenvalue weighted by Crippen LogP contribution is -2.26. The minimum atomic E-state index is -0.229. The summed E-state index contributed by atoms with van der Waals surface area (Å²) in [6.07, 6.45) is 1.58. The first kappa shape index (κ1) is 15.5. The molecule has 0 aromatic heterocycles. The van der Waals surface area contributed by atoms with E-state index in [0.29, 0.717) is 36.4 Å². The zero-order valence-electron chi connectivity index (χ0n) is 11.6. The van der Waals surface area contributed by atoms with Crippen LogP contribution in [-0.4, -0.2) is 12.5 Å². The van der Waals surface area contributed by atoms with Gasteiger partial charge in [-0.3, -0.25) is 4.79 Å². The van der Waals surface area contributed by atoms with Crippen molar-refractivity contribution in [1.82, 2.24) is 5.32 Å². The minimum Gasteiger partial charge on any atom is -0.356 e. The van der Waals surface area contributed by atoms with Crippen molar-refractivity contribution in [2.75, 3.05) is 6.54 Å². The van der Waals surface area contributed by atoms with E-state index in [-0.39, 0.29) is 11.7 Å². The Kier molecular flexibility index (Phi) is 5.76. The van der Waals surface area contributed by atoms with E-state index < -0.39 is 0 Å². The Morgan fingerprint density at radius 3 is 2.48 bits per heavy atom. The molecule has 2 rings (SSSR count). The number of hydrogen-bond acceptors (Lipinski definition) is 1. The summed E-state index contributed by atoms with van der Waals surface area (Å²) in [6, 6.07) is 14.1. The molecular formula is C17H17ClFNO. The van der Waals surface area contributed by atoms with Crippen LogP contribution in [-0.2, 0) is 17.6 Å². The summed E-state index contributed by atoms with van der Waals surface area (Å²) in [5, 5.41) is 3.50. The molecule has 110 valence electrons. The van der Waals surface area contributed by atoms with Gasteiger partial charge in [-0.05, 0) is 42.2 Å². The van der Waals surface area contributed by atoms with E-state index in [9.17, 15) is 9.18 Å². The minimum absolute atomic E-state index is 0.0266. The molecule has 0 spiro atoms. The Balaban J connectivity index is 1.70. The van der Waals surface area contributed by atoms with Crippen molar-refractivity contribution in [2.45, 2.75) is 19.3 Å². The van der Waals surface area contributed by atoms with Gasteiger partial charge in [-0.25, -0.2) is 4.39 Å². The van der Waals surface area contributed by atoms with Crippen LogP contribution in [0.1, 0.15) is 17.5 Å². The van der Waals surface area contributed by atoms with Crippen LogP contribution in [0.5, 0.6) is 0 Å². The van der Waals surface area contributed by atoms with Gasteiger partial charge in [0.05, 0.1) is 0 Å². The van der Waals surface area contributed by atoms with Crippen molar-refractivity contribution in [3.05, 3.63) is 70.5 Å². The number of carbonyl (C=O) groups excluding carboxylic acids is 1. The highest BCUT2D eigenvalue weighted by Gasteiger charge is 2.04. The summed E-state index contributed by atoms with van der Waals surface area (Å²) in [4.78, 5) is 11.7. The molecule has 0 unspecified atom stereocenters. The fraction of sp³-hybridized carbons (Fsp3) is 0.235. The van der Waals surface area contributed by atoms with Gasteiger partial charge >= 0.3 is 0 Å². The van der Waals surface area contributed by atoms with Gasteiger partial charge in [0.2, 0.25) is 5.91 Å². The predicted octanol–water partition coefficient (Wildman–Crippen LogP) is 3.77. The monoisotopic (exact) mass is 305 g/mol. The maximum absolute atomic E-state index is 13.4. The number of carbonyl (C=O) groups is 1. The number of aryl methyl sites for hydroxylation is 1. The zero-order valence-corrected chi connectivity index (χ0v) is 12.4. The molecule has 0 radical (unpaired) electrons. The number of nitrogens with one attached hydrogen (secondary N) is 1. The third-order valence-electron chi connectivity index (χ3n) is 3.23. The lowest BCUT2D eigenvalue weighted by molar-refractivity contribution is -0.121. The van der Waals surface area contributed by atoms with Gasteiger partial charge in [-0.2, -0.15) is 0 Å². The molecule has 1 amide bonds. The van der Waals surface area contributed by atoms with E-state index >= 15 is 0 Å². The molecule has 2 nitrogen and oxygen atoms in total. The van der Waals surface area contributed by atoms with Crippen molar-refractivity contribution in [3.8, 4) is 0 Å². The standard InChI is InChI=1S/C17H17ClFNO/c18-15-8-5-13(6-9-15)7-10-17(21)20-12-11-14-3-1-2-4-16(14)19/h1-6,8-9H,7,10-12H2,(H,20,21). The molecule has 0 atom stereocenters. The predicted molar refractivity (Wildman–Crippen MR) is 82.9 cm³/mol. The van der Waals surface area contributed by atoms with Gasteiger partial charge in [-0.1, -0.05) is 41.9 Å². The first-order chi connectivity index (χ1) is 10.1. The maximum Gasteiger partial charge on any atom is 0.220 e. The largest absolute Gasteiger partial charge is 0.356 e. The third kappa shape index (κ3) is 5.20. The Morgan fingerprint density at radius 1 is 1.05 bits per heavy atom. The number of halogens is 2. The van der Waals surface area contributed by atoms with Crippen LogP contribution < -0.4 is 5.32 Å². The Labute approximate surface area is 128 Å². The highest BCUT2D eigenvalue weighted by molar-refractivity contribution is 6.30.